The fraction of sp³-hybridized carbons (Fsp3) is 0.480. The number of nitrogens with one attached hydrogen (secondary N) is 1. The van der Waals surface area contributed by atoms with Gasteiger partial charge in [0.05, 0.1) is 16.6 Å². The van der Waals surface area contributed by atoms with Crippen LogP contribution in [0.2, 0.25) is 0 Å². The summed E-state index contributed by atoms with van der Waals surface area (Å²) in [7, 11) is 0. The van der Waals surface area contributed by atoms with E-state index in [-0.39, 0.29) is 31.3 Å². The standard InChI is InChI=1S/C25H29N3O6/c1-25(2,3)10-19-22-17(9-18(14-4-5-14)27-24(22)34-28-19)23(30)26-11-15(29)12-31-16-6-7-20-21(8-16)33-13-32-20/h6-9,14-15,29H,4-5,10-13H2,1-3H3,(H,26,30). The maximum Gasteiger partial charge on any atom is 0.259 e. The van der Waals surface area contributed by atoms with Crippen LogP contribution in [0.1, 0.15) is 61.3 Å². The molecule has 3 aromatic rings. The Kier molecular flexibility index (Phi) is 5.81. The molecule has 5 rings (SSSR count). The molecular weight excluding hydrogens is 438 g/mol. The van der Waals surface area contributed by atoms with Crippen LogP contribution in [0.3, 0.4) is 0 Å². The summed E-state index contributed by atoms with van der Waals surface area (Å²) < 4.78 is 21.8. The molecule has 3 heterocycles. The van der Waals surface area contributed by atoms with Gasteiger partial charge in [0.1, 0.15) is 18.5 Å². The molecule has 1 amide bonds. The second-order valence-corrected chi connectivity index (χ2v) is 10.1. The summed E-state index contributed by atoms with van der Waals surface area (Å²) in [5.41, 5.74) is 2.41. The van der Waals surface area contributed by atoms with E-state index < -0.39 is 6.10 Å². The Morgan fingerprint density at radius 1 is 1.24 bits per heavy atom. The van der Waals surface area contributed by atoms with E-state index in [0.29, 0.717) is 51.9 Å². The number of fused-ring (bicyclic) bond motifs is 2. The maximum atomic E-state index is 13.2. The summed E-state index contributed by atoms with van der Waals surface area (Å²) in [4.78, 5) is 17.8. The van der Waals surface area contributed by atoms with Crippen LogP contribution < -0.4 is 19.5 Å². The summed E-state index contributed by atoms with van der Waals surface area (Å²) in [6, 6.07) is 7.05. The third kappa shape index (κ3) is 4.94. The number of rotatable bonds is 8. The van der Waals surface area contributed by atoms with Gasteiger partial charge < -0.3 is 29.2 Å². The smallest absolute Gasteiger partial charge is 0.259 e. The van der Waals surface area contributed by atoms with Crippen molar-refractivity contribution in [2.24, 2.45) is 5.41 Å². The van der Waals surface area contributed by atoms with Crippen LogP contribution >= 0.6 is 0 Å². The Balaban J connectivity index is 1.27. The lowest BCUT2D eigenvalue weighted by molar-refractivity contribution is 0.0844. The third-order valence-corrected chi connectivity index (χ3v) is 5.76. The van der Waals surface area contributed by atoms with Crippen LogP contribution in [0.15, 0.2) is 28.8 Å². The Morgan fingerprint density at radius 3 is 2.79 bits per heavy atom. The van der Waals surface area contributed by atoms with Crippen LogP contribution in [0.25, 0.3) is 11.1 Å². The van der Waals surface area contributed by atoms with Crippen LogP contribution in [0, 0.1) is 5.41 Å². The first-order valence-corrected chi connectivity index (χ1v) is 11.5. The lowest BCUT2D eigenvalue weighted by Crippen LogP contribution is -2.35. The number of carbonyl (C=O) groups excluding carboxylic acids is 1. The summed E-state index contributed by atoms with van der Waals surface area (Å²) in [5, 5.41) is 18.1. The molecule has 9 nitrogen and oxygen atoms in total. The molecule has 2 aromatic heterocycles. The van der Waals surface area contributed by atoms with Crippen molar-refractivity contribution in [3.05, 3.63) is 41.2 Å². The van der Waals surface area contributed by atoms with Crippen molar-refractivity contribution in [1.29, 1.82) is 0 Å². The van der Waals surface area contributed by atoms with Gasteiger partial charge in [0.2, 0.25) is 6.79 Å². The van der Waals surface area contributed by atoms with Gasteiger partial charge in [0.15, 0.2) is 11.5 Å². The molecule has 0 radical (unpaired) electrons. The molecule has 180 valence electrons. The predicted octanol–water partition coefficient (Wildman–Crippen LogP) is 3.59. The van der Waals surface area contributed by atoms with Crippen molar-refractivity contribution >= 4 is 17.0 Å². The van der Waals surface area contributed by atoms with Gasteiger partial charge in [-0.1, -0.05) is 25.9 Å². The zero-order valence-electron chi connectivity index (χ0n) is 19.6. The Hall–Kier alpha value is -3.33. The van der Waals surface area contributed by atoms with E-state index in [1.54, 1.807) is 18.2 Å². The topological polar surface area (TPSA) is 116 Å². The average molecular weight is 468 g/mol. The van der Waals surface area contributed by atoms with E-state index in [1.807, 2.05) is 6.07 Å². The van der Waals surface area contributed by atoms with Crippen molar-refractivity contribution in [2.75, 3.05) is 19.9 Å². The monoisotopic (exact) mass is 467 g/mol. The molecule has 0 bridgehead atoms. The van der Waals surface area contributed by atoms with Crippen LogP contribution in [0.4, 0.5) is 0 Å². The van der Waals surface area contributed by atoms with Gasteiger partial charge in [-0.2, -0.15) is 0 Å². The minimum Gasteiger partial charge on any atom is -0.491 e. The highest BCUT2D eigenvalue weighted by Gasteiger charge is 2.30. The van der Waals surface area contributed by atoms with Gasteiger partial charge in [0, 0.05) is 24.2 Å². The number of aliphatic hydroxyl groups excluding tert-OH is 1. The highest BCUT2D eigenvalue weighted by Crippen LogP contribution is 2.41. The molecule has 1 aromatic carbocycles. The van der Waals surface area contributed by atoms with Crippen molar-refractivity contribution in [1.82, 2.24) is 15.5 Å². The van der Waals surface area contributed by atoms with Crippen LogP contribution in [-0.4, -0.2) is 47.2 Å². The molecule has 0 saturated heterocycles. The van der Waals surface area contributed by atoms with E-state index in [9.17, 15) is 9.90 Å². The molecule has 0 spiro atoms. The first-order valence-electron chi connectivity index (χ1n) is 11.5. The Labute approximate surface area is 197 Å². The van der Waals surface area contributed by atoms with E-state index in [2.05, 4.69) is 36.2 Å². The first-order chi connectivity index (χ1) is 16.3. The number of aliphatic hydroxyl groups is 1. The molecule has 1 aliphatic carbocycles. The molecule has 1 atom stereocenters. The van der Waals surface area contributed by atoms with Crippen LogP contribution in [-0.2, 0) is 6.42 Å². The molecule has 1 saturated carbocycles. The minimum atomic E-state index is -0.897. The zero-order chi connectivity index (χ0) is 23.9. The molecule has 34 heavy (non-hydrogen) atoms. The highest BCUT2D eigenvalue weighted by atomic mass is 16.7. The van der Waals surface area contributed by atoms with E-state index in [4.69, 9.17) is 18.7 Å². The van der Waals surface area contributed by atoms with E-state index >= 15 is 0 Å². The predicted molar refractivity (Wildman–Crippen MR) is 123 cm³/mol. The quantitative estimate of drug-likeness (QED) is 0.516. The minimum absolute atomic E-state index is 0.0154. The SMILES string of the molecule is CC(C)(C)Cc1noc2nc(C3CC3)cc(C(=O)NCC(O)COc3ccc4c(c3)OCO4)c12. The molecule has 1 fully saturated rings. The summed E-state index contributed by atoms with van der Waals surface area (Å²) >= 11 is 0. The third-order valence-electron chi connectivity index (χ3n) is 5.76. The lowest BCUT2D eigenvalue weighted by Gasteiger charge is -2.17. The van der Waals surface area contributed by atoms with Gasteiger partial charge in [-0.05, 0) is 42.9 Å². The first kappa shape index (κ1) is 22.5. The number of aromatic nitrogens is 2. The molecule has 1 aliphatic heterocycles. The van der Waals surface area contributed by atoms with Gasteiger partial charge in [-0.15, -0.1) is 0 Å². The Morgan fingerprint density at radius 2 is 2.03 bits per heavy atom. The van der Waals surface area contributed by atoms with Crippen molar-refractivity contribution in [3.63, 3.8) is 0 Å². The lowest BCUT2D eigenvalue weighted by atomic mass is 9.89. The zero-order valence-corrected chi connectivity index (χ0v) is 19.6. The fourth-order valence-electron chi connectivity index (χ4n) is 3.94. The van der Waals surface area contributed by atoms with Crippen molar-refractivity contribution < 1.29 is 28.6 Å². The number of hydrogen-bond donors (Lipinski definition) is 2. The van der Waals surface area contributed by atoms with Gasteiger partial charge >= 0.3 is 0 Å². The normalized spacial score (nSPS) is 16.0. The van der Waals surface area contributed by atoms with Crippen molar-refractivity contribution in [2.45, 2.75) is 52.1 Å². The molecule has 2 N–H and O–H groups in total. The highest BCUT2D eigenvalue weighted by molar-refractivity contribution is 6.06. The van der Waals surface area contributed by atoms with Gasteiger partial charge in [0.25, 0.3) is 11.6 Å². The number of hydrogen-bond acceptors (Lipinski definition) is 8. The largest absolute Gasteiger partial charge is 0.491 e. The Bertz CT molecular complexity index is 1210. The van der Waals surface area contributed by atoms with E-state index in [1.165, 1.54) is 0 Å². The van der Waals surface area contributed by atoms with Gasteiger partial charge in [-0.3, -0.25) is 4.79 Å². The van der Waals surface area contributed by atoms with E-state index in [0.717, 1.165) is 18.5 Å². The fourth-order valence-corrected chi connectivity index (χ4v) is 3.94. The number of pyridine rings is 1. The number of carbonyl (C=O) groups is 1. The number of benzene rings is 1. The number of nitrogens with zero attached hydrogens (tertiary/aromatic N) is 2. The average Bonchev–Trinajstić information content (AvgIpc) is 3.42. The molecule has 9 heteroatoms. The summed E-state index contributed by atoms with van der Waals surface area (Å²) in [6.45, 7) is 6.55. The summed E-state index contributed by atoms with van der Waals surface area (Å²) in [5.74, 6) is 1.88. The van der Waals surface area contributed by atoms with Crippen molar-refractivity contribution in [3.8, 4) is 17.2 Å². The number of amides is 1. The van der Waals surface area contributed by atoms with Gasteiger partial charge in [-0.25, -0.2) is 4.98 Å². The molecule has 2 aliphatic rings. The summed E-state index contributed by atoms with van der Waals surface area (Å²) in [6.07, 6.45) is 1.86. The second-order valence-electron chi connectivity index (χ2n) is 10.1. The molecule has 1 unspecified atom stereocenters. The molecular formula is C25H29N3O6. The maximum absolute atomic E-state index is 13.2. The number of ether oxygens (including phenoxy) is 3. The second kappa shape index (κ2) is 8.79. The van der Waals surface area contributed by atoms with Crippen LogP contribution in [0.5, 0.6) is 17.2 Å².